The second kappa shape index (κ2) is 12.1. The van der Waals surface area contributed by atoms with Gasteiger partial charge in [-0.3, -0.25) is 9.98 Å². The zero-order valence-corrected chi connectivity index (χ0v) is 17.2. The largest absolute Gasteiger partial charge is 0.386 e. The van der Waals surface area contributed by atoms with Crippen molar-refractivity contribution in [3.05, 3.63) is 64.9 Å². The lowest BCUT2D eigenvalue weighted by molar-refractivity contribution is 0.187. The zero-order chi connectivity index (χ0) is 17.2. The van der Waals surface area contributed by atoms with Gasteiger partial charge in [0.1, 0.15) is 0 Å². The lowest BCUT2D eigenvalue weighted by Crippen LogP contribution is -2.38. The number of aliphatic hydroxyl groups excluding tert-OH is 1. The van der Waals surface area contributed by atoms with Gasteiger partial charge in [-0.15, -0.1) is 24.0 Å². The molecule has 0 amide bonds. The van der Waals surface area contributed by atoms with Crippen LogP contribution in [0, 0.1) is 0 Å². The summed E-state index contributed by atoms with van der Waals surface area (Å²) < 4.78 is 0. The predicted molar refractivity (Wildman–Crippen MR) is 114 cm³/mol. The van der Waals surface area contributed by atoms with Gasteiger partial charge in [-0.25, -0.2) is 0 Å². The molecular formula is C18H24ClIN4O. The van der Waals surface area contributed by atoms with Crippen LogP contribution < -0.4 is 10.6 Å². The summed E-state index contributed by atoms with van der Waals surface area (Å²) in [7, 11) is 0. The third kappa shape index (κ3) is 8.02. The van der Waals surface area contributed by atoms with E-state index < -0.39 is 6.10 Å². The summed E-state index contributed by atoms with van der Waals surface area (Å²) in [6.07, 6.45) is 1.94. The molecule has 136 valence electrons. The van der Waals surface area contributed by atoms with Crippen molar-refractivity contribution in [1.29, 1.82) is 0 Å². The van der Waals surface area contributed by atoms with Gasteiger partial charge in [0.05, 0.1) is 12.6 Å². The standard InChI is InChI=1S/C18H23ClN4O.HI/c1-2-20-18(22-12-10-16-5-3-4-11-21-16)23-13-17(24)14-6-8-15(19)9-7-14;/h3-9,11,17,24H,2,10,12-13H2,1H3,(H2,20,22,23);1H. The van der Waals surface area contributed by atoms with E-state index in [1.807, 2.05) is 37.3 Å². The number of rotatable bonds is 7. The van der Waals surface area contributed by atoms with Gasteiger partial charge in [-0.05, 0) is 36.8 Å². The number of benzene rings is 1. The fourth-order valence-electron chi connectivity index (χ4n) is 2.16. The van der Waals surface area contributed by atoms with Crippen molar-refractivity contribution in [1.82, 2.24) is 15.6 Å². The maximum Gasteiger partial charge on any atom is 0.191 e. The van der Waals surface area contributed by atoms with E-state index >= 15 is 0 Å². The predicted octanol–water partition coefficient (Wildman–Crippen LogP) is 3.18. The van der Waals surface area contributed by atoms with E-state index in [1.165, 1.54) is 0 Å². The Morgan fingerprint density at radius 2 is 1.96 bits per heavy atom. The molecule has 0 bridgehead atoms. The van der Waals surface area contributed by atoms with Gasteiger partial charge in [-0.1, -0.05) is 29.8 Å². The molecule has 1 atom stereocenters. The Labute approximate surface area is 170 Å². The number of nitrogens with zero attached hydrogens (tertiary/aromatic N) is 2. The molecule has 0 saturated carbocycles. The van der Waals surface area contributed by atoms with Gasteiger partial charge in [0.2, 0.25) is 0 Å². The van der Waals surface area contributed by atoms with Gasteiger partial charge >= 0.3 is 0 Å². The normalized spacial score (nSPS) is 12.2. The Bertz CT molecular complexity index is 637. The van der Waals surface area contributed by atoms with Crippen molar-refractivity contribution >= 4 is 41.5 Å². The summed E-state index contributed by atoms with van der Waals surface area (Å²) in [6.45, 7) is 3.76. The lowest BCUT2D eigenvalue weighted by Gasteiger charge is -2.13. The summed E-state index contributed by atoms with van der Waals surface area (Å²) in [4.78, 5) is 8.73. The minimum absolute atomic E-state index is 0. The minimum Gasteiger partial charge on any atom is -0.386 e. The molecule has 2 aromatic rings. The number of hydrogen-bond acceptors (Lipinski definition) is 3. The molecule has 0 spiro atoms. The number of aliphatic imine (C=N–C) groups is 1. The summed E-state index contributed by atoms with van der Waals surface area (Å²) in [5, 5.41) is 17.3. The van der Waals surface area contributed by atoms with Gasteiger partial charge < -0.3 is 15.7 Å². The summed E-state index contributed by atoms with van der Waals surface area (Å²) in [5.41, 5.74) is 1.83. The van der Waals surface area contributed by atoms with Crippen LogP contribution in [0.1, 0.15) is 24.3 Å². The number of guanidine groups is 1. The molecule has 1 aromatic heterocycles. The fraction of sp³-hybridized carbons (Fsp3) is 0.333. The molecule has 5 nitrogen and oxygen atoms in total. The van der Waals surface area contributed by atoms with E-state index in [2.05, 4.69) is 20.6 Å². The Morgan fingerprint density at radius 1 is 1.20 bits per heavy atom. The second-order valence-electron chi connectivity index (χ2n) is 5.28. The molecule has 25 heavy (non-hydrogen) atoms. The number of aliphatic hydroxyl groups is 1. The number of aromatic nitrogens is 1. The quantitative estimate of drug-likeness (QED) is 0.327. The van der Waals surface area contributed by atoms with Crippen molar-refractivity contribution in [3.8, 4) is 0 Å². The highest BCUT2D eigenvalue weighted by molar-refractivity contribution is 14.0. The highest BCUT2D eigenvalue weighted by Gasteiger charge is 2.07. The molecule has 1 aromatic carbocycles. The zero-order valence-electron chi connectivity index (χ0n) is 14.2. The molecule has 7 heteroatoms. The molecule has 0 radical (unpaired) electrons. The maximum absolute atomic E-state index is 10.2. The monoisotopic (exact) mass is 474 g/mol. The van der Waals surface area contributed by atoms with Crippen molar-refractivity contribution < 1.29 is 5.11 Å². The van der Waals surface area contributed by atoms with Crippen LogP contribution in [0.15, 0.2) is 53.7 Å². The Morgan fingerprint density at radius 3 is 2.60 bits per heavy atom. The lowest BCUT2D eigenvalue weighted by atomic mass is 10.1. The van der Waals surface area contributed by atoms with Gasteiger partial charge in [0.25, 0.3) is 0 Å². The first-order valence-electron chi connectivity index (χ1n) is 8.04. The second-order valence-corrected chi connectivity index (χ2v) is 5.72. The van der Waals surface area contributed by atoms with Gasteiger partial charge in [0.15, 0.2) is 5.96 Å². The SMILES string of the molecule is CCNC(=NCC(O)c1ccc(Cl)cc1)NCCc1ccccn1.I. The number of hydrogen-bond donors (Lipinski definition) is 3. The van der Waals surface area contributed by atoms with Crippen molar-refractivity contribution in [2.24, 2.45) is 4.99 Å². The first-order valence-corrected chi connectivity index (χ1v) is 8.42. The molecule has 2 rings (SSSR count). The fourth-order valence-corrected chi connectivity index (χ4v) is 2.29. The average Bonchev–Trinajstić information content (AvgIpc) is 2.61. The maximum atomic E-state index is 10.2. The molecule has 0 aliphatic rings. The Kier molecular flexibility index (Phi) is 10.4. The summed E-state index contributed by atoms with van der Waals surface area (Å²) in [6, 6.07) is 13.0. The topological polar surface area (TPSA) is 69.5 Å². The smallest absolute Gasteiger partial charge is 0.191 e. The van der Waals surface area contributed by atoms with Crippen molar-refractivity contribution in [3.63, 3.8) is 0 Å². The van der Waals surface area contributed by atoms with Crippen molar-refractivity contribution in [2.45, 2.75) is 19.4 Å². The summed E-state index contributed by atoms with van der Waals surface area (Å²) >= 11 is 5.86. The van der Waals surface area contributed by atoms with E-state index in [1.54, 1.807) is 18.3 Å². The van der Waals surface area contributed by atoms with Gasteiger partial charge in [-0.2, -0.15) is 0 Å². The molecule has 0 fully saturated rings. The van der Waals surface area contributed by atoms with Crippen LogP contribution in [-0.4, -0.2) is 35.7 Å². The number of pyridine rings is 1. The van der Waals surface area contributed by atoms with Crippen molar-refractivity contribution in [2.75, 3.05) is 19.6 Å². The van der Waals surface area contributed by atoms with Crippen LogP contribution in [0.5, 0.6) is 0 Å². The van der Waals surface area contributed by atoms with Crippen LogP contribution in [0.3, 0.4) is 0 Å². The minimum atomic E-state index is -0.659. The summed E-state index contributed by atoms with van der Waals surface area (Å²) in [5.74, 6) is 0.682. The van der Waals surface area contributed by atoms with Crippen LogP contribution in [0.2, 0.25) is 5.02 Å². The molecule has 0 aliphatic carbocycles. The highest BCUT2D eigenvalue weighted by Crippen LogP contribution is 2.16. The molecular weight excluding hydrogens is 451 g/mol. The van der Waals surface area contributed by atoms with Crippen LogP contribution in [-0.2, 0) is 6.42 Å². The first kappa shape index (κ1) is 21.7. The van der Waals surface area contributed by atoms with E-state index in [0.29, 0.717) is 11.0 Å². The Hall–Kier alpha value is -1.38. The van der Waals surface area contributed by atoms with Crippen LogP contribution in [0.4, 0.5) is 0 Å². The van der Waals surface area contributed by atoms with E-state index in [9.17, 15) is 5.11 Å². The third-order valence-corrected chi connectivity index (χ3v) is 3.67. The highest BCUT2D eigenvalue weighted by atomic mass is 127. The van der Waals surface area contributed by atoms with E-state index in [4.69, 9.17) is 11.6 Å². The van der Waals surface area contributed by atoms with Crippen LogP contribution >= 0.6 is 35.6 Å². The average molecular weight is 475 g/mol. The van der Waals surface area contributed by atoms with Gasteiger partial charge in [0, 0.05) is 36.4 Å². The third-order valence-electron chi connectivity index (χ3n) is 3.42. The number of halogens is 2. The number of nitrogens with one attached hydrogen (secondary N) is 2. The Balaban J connectivity index is 0.00000312. The molecule has 0 saturated heterocycles. The molecule has 0 aliphatic heterocycles. The molecule has 1 unspecified atom stereocenters. The van der Waals surface area contributed by atoms with Crippen LogP contribution in [0.25, 0.3) is 0 Å². The molecule has 3 N–H and O–H groups in total. The first-order chi connectivity index (χ1) is 11.7. The van der Waals surface area contributed by atoms with E-state index in [0.717, 1.165) is 30.8 Å². The van der Waals surface area contributed by atoms with E-state index in [-0.39, 0.29) is 30.5 Å². The molecule has 1 heterocycles.